The number of rotatable bonds is 9. The first-order valence-electron chi connectivity index (χ1n) is 11.5. The zero-order valence-corrected chi connectivity index (χ0v) is 23.8. The van der Waals surface area contributed by atoms with E-state index in [1.165, 1.54) is 40.1 Å². The molecule has 2 atom stereocenters. The molecular formula is C26H19Cl3N2O6S2. The van der Waals surface area contributed by atoms with E-state index in [2.05, 4.69) is 5.32 Å². The van der Waals surface area contributed by atoms with Crippen LogP contribution in [0.3, 0.4) is 0 Å². The molecule has 1 unspecified atom stereocenters. The van der Waals surface area contributed by atoms with Gasteiger partial charge in [-0.05, 0) is 41.8 Å². The van der Waals surface area contributed by atoms with Crippen LogP contribution in [0.4, 0.5) is 0 Å². The Morgan fingerprint density at radius 2 is 1.79 bits per heavy atom. The average Bonchev–Trinajstić information content (AvgIpc) is 3.41. The Morgan fingerprint density at radius 1 is 1.05 bits per heavy atom. The molecule has 0 aliphatic carbocycles. The fourth-order valence-corrected chi connectivity index (χ4v) is 6.75. The summed E-state index contributed by atoms with van der Waals surface area (Å²) in [5.74, 6) is -0.847. The number of carboxylic acid groups (broad SMARTS) is 1. The second-order valence-corrected chi connectivity index (χ2v) is 11.9. The van der Waals surface area contributed by atoms with Crippen molar-refractivity contribution in [1.82, 2.24) is 10.2 Å². The number of thiophene rings is 1. The van der Waals surface area contributed by atoms with Gasteiger partial charge in [-0.25, -0.2) is 4.79 Å². The maximum Gasteiger partial charge on any atom is 0.352 e. The second kappa shape index (κ2) is 11.7. The van der Waals surface area contributed by atoms with E-state index in [0.29, 0.717) is 32.1 Å². The number of carbonyl (C=O) groups is 3. The van der Waals surface area contributed by atoms with Crippen molar-refractivity contribution in [2.75, 3.05) is 12.4 Å². The third-order valence-electron chi connectivity index (χ3n) is 5.90. The number of benzene rings is 2. The van der Waals surface area contributed by atoms with Crippen molar-refractivity contribution >= 4 is 75.7 Å². The molecule has 0 bridgehead atoms. The fraction of sp³-hybridized carbons (Fsp3) is 0.192. The van der Waals surface area contributed by atoms with E-state index in [1.54, 1.807) is 24.3 Å². The third-order valence-corrected chi connectivity index (χ3v) is 8.88. The molecular weight excluding hydrogens is 607 g/mol. The fourth-order valence-electron chi connectivity index (χ4n) is 4.11. The molecule has 39 heavy (non-hydrogen) atoms. The summed E-state index contributed by atoms with van der Waals surface area (Å²) >= 11 is 21.2. The molecule has 0 spiro atoms. The summed E-state index contributed by atoms with van der Waals surface area (Å²) in [7, 11) is 0. The molecule has 3 heterocycles. The average molecular weight is 626 g/mol. The highest BCUT2D eigenvalue weighted by molar-refractivity contribution is 8.00. The van der Waals surface area contributed by atoms with Gasteiger partial charge in [-0.2, -0.15) is 0 Å². The number of fused-ring (bicyclic) bond motifs is 1. The number of nitrogens with one attached hydrogen (secondary N) is 1. The highest BCUT2D eigenvalue weighted by Crippen LogP contribution is 2.42. The minimum atomic E-state index is -1.26. The SMILES string of the molecule is O=C(Cc1cccs1)N[C@@H]1C(=O)N2C(C(=O)O)=C(COc3cc(Cl)ccc3Oc3ccc(Cl)cc3Cl)CSC12. The quantitative estimate of drug-likeness (QED) is 0.287. The molecule has 2 N–H and O–H groups in total. The predicted octanol–water partition coefficient (Wildman–Crippen LogP) is 5.86. The minimum Gasteiger partial charge on any atom is -0.485 e. The monoisotopic (exact) mass is 624 g/mol. The summed E-state index contributed by atoms with van der Waals surface area (Å²) < 4.78 is 11.9. The van der Waals surface area contributed by atoms with Crippen LogP contribution in [0.2, 0.25) is 15.1 Å². The van der Waals surface area contributed by atoms with Gasteiger partial charge < -0.3 is 19.9 Å². The van der Waals surface area contributed by atoms with Gasteiger partial charge in [0.2, 0.25) is 5.91 Å². The summed E-state index contributed by atoms with van der Waals surface area (Å²) in [5, 5.41) is 15.2. The van der Waals surface area contributed by atoms with Crippen molar-refractivity contribution in [2.24, 2.45) is 0 Å². The highest BCUT2D eigenvalue weighted by atomic mass is 35.5. The zero-order valence-electron chi connectivity index (χ0n) is 19.9. The number of hydrogen-bond donors (Lipinski definition) is 2. The zero-order chi connectivity index (χ0) is 27.7. The van der Waals surface area contributed by atoms with Crippen LogP contribution in [0.5, 0.6) is 17.2 Å². The van der Waals surface area contributed by atoms with E-state index in [4.69, 9.17) is 44.3 Å². The summed E-state index contributed by atoms with van der Waals surface area (Å²) in [5.41, 5.74) is 0.244. The molecule has 8 nitrogen and oxygen atoms in total. The summed E-state index contributed by atoms with van der Waals surface area (Å²) in [6.07, 6.45) is 0.158. The predicted molar refractivity (Wildman–Crippen MR) is 151 cm³/mol. The molecule has 5 rings (SSSR count). The number of halogens is 3. The number of carboxylic acids is 1. The molecule has 2 aromatic carbocycles. The van der Waals surface area contributed by atoms with Crippen LogP contribution in [0.25, 0.3) is 0 Å². The van der Waals surface area contributed by atoms with Gasteiger partial charge in [-0.1, -0.05) is 40.9 Å². The Labute approximate surface area is 246 Å². The molecule has 2 amide bonds. The van der Waals surface area contributed by atoms with E-state index in [0.717, 1.165) is 4.88 Å². The Kier molecular flexibility index (Phi) is 8.29. The van der Waals surface area contributed by atoms with Crippen molar-refractivity contribution in [3.63, 3.8) is 0 Å². The highest BCUT2D eigenvalue weighted by Gasteiger charge is 2.54. The van der Waals surface area contributed by atoms with Crippen LogP contribution in [0.1, 0.15) is 4.88 Å². The van der Waals surface area contributed by atoms with Crippen molar-refractivity contribution in [3.05, 3.63) is 85.1 Å². The molecule has 3 aromatic rings. The minimum absolute atomic E-state index is 0.133. The lowest BCUT2D eigenvalue weighted by atomic mass is 10.0. The van der Waals surface area contributed by atoms with Crippen molar-refractivity contribution in [2.45, 2.75) is 17.8 Å². The van der Waals surface area contributed by atoms with Crippen LogP contribution in [-0.4, -0.2) is 51.6 Å². The summed E-state index contributed by atoms with van der Waals surface area (Å²) in [6, 6.07) is 12.4. The Balaban J connectivity index is 1.30. The number of aliphatic carboxylic acids is 1. The van der Waals surface area contributed by atoms with E-state index in [9.17, 15) is 19.5 Å². The molecule has 2 aliphatic heterocycles. The molecule has 0 radical (unpaired) electrons. The third kappa shape index (κ3) is 6.00. The number of nitrogens with zero attached hydrogens (tertiary/aromatic N) is 1. The van der Waals surface area contributed by atoms with Crippen LogP contribution in [-0.2, 0) is 20.8 Å². The van der Waals surface area contributed by atoms with Gasteiger partial charge in [0.05, 0.1) is 11.4 Å². The largest absolute Gasteiger partial charge is 0.485 e. The van der Waals surface area contributed by atoms with Gasteiger partial charge in [0.25, 0.3) is 5.91 Å². The number of β-lactam (4-membered cyclic amide) rings is 1. The lowest BCUT2D eigenvalue weighted by Crippen LogP contribution is -2.70. The van der Waals surface area contributed by atoms with Gasteiger partial charge in [0.15, 0.2) is 11.5 Å². The topological polar surface area (TPSA) is 105 Å². The van der Waals surface area contributed by atoms with Gasteiger partial charge in [0, 0.05) is 32.3 Å². The molecule has 202 valence electrons. The first-order chi connectivity index (χ1) is 18.7. The Bertz CT molecular complexity index is 1480. The molecule has 1 saturated heterocycles. The Hall–Kier alpha value is -2.89. The van der Waals surface area contributed by atoms with Crippen molar-refractivity contribution in [3.8, 4) is 17.2 Å². The van der Waals surface area contributed by atoms with E-state index >= 15 is 0 Å². The molecule has 0 saturated carbocycles. The second-order valence-electron chi connectivity index (χ2n) is 8.52. The number of hydrogen-bond acceptors (Lipinski definition) is 7. The maximum absolute atomic E-state index is 12.9. The Morgan fingerprint density at radius 3 is 2.49 bits per heavy atom. The van der Waals surface area contributed by atoms with Crippen LogP contribution >= 0.6 is 57.9 Å². The number of ether oxygens (including phenoxy) is 2. The van der Waals surface area contributed by atoms with Crippen LogP contribution in [0.15, 0.2) is 65.2 Å². The maximum atomic E-state index is 12.9. The normalized spacial score (nSPS) is 18.3. The van der Waals surface area contributed by atoms with Gasteiger partial charge in [-0.3, -0.25) is 14.5 Å². The molecule has 1 fully saturated rings. The standard InChI is InChI=1S/C26H19Cl3N2O6S2/c27-14-3-5-18(17(29)8-14)37-19-6-4-15(28)9-20(19)36-11-13-12-39-25-22(24(33)31(25)23(13)26(34)35)30-21(32)10-16-2-1-7-38-16/h1-9,22,25H,10-12H2,(H,30,32)(H,34,35)/t22-,25?/m1/s1. The number of amides is 2. The summed E-state index contributed by atoms with van der Waals surface area (Å²) in [4.78, 5) is 39.6. The van der Waals surface area contributed by atoms with E-state index < -0.39 is 23.3 Å². The molecule has 1 aromatic heterocycles. The number of carbonyl (C=O) groups excluding carboxylic acids is 2. The van der Waals surface area contributed by atoms with Gasteiger partial charge in [0.1, 0.15) is 29.5 Å². The smallest absolute Gasteiger partial charge is 0.352 e. The first-order valence-corrected chi connectivity index (χ1v) is 14.5. The van der Waals surface area contributed by atoms with E-state index in [-0.39, 0.29) is 36.1 Å². The lowest BCUT2D eigenvalue weighted by Gasteiger charge is -2.49. The van der Waals surface area contributed by atoms with Crippen molar-refractivity contribution in [1.29, 1.82) is 0 Å². The lowest BCUT2D eigenvalue weighted by molar-refractivity contribution is -0.150. The van der Waals surface area contributed by atoms with Crippen LogP contribution < -0.4 is 14.8 Å². The van der Waals surface area contributed by atoms with Gasteiger partial charge in [-0.15, -0.1) is 23.1 Å². The van der Waals surface area contributed by atoms with Crippen LogP contribution in [0, 0.1) is 0 Å². The molecule has 13 heteroatoms. The van der Waals surface area contributed by atoms with Crippen molar-refractivity contribution < 1.29 is 29.0 Å². The van der Waals surface area contributed by atoms with E-state index in [1.807, 2.05) is 17.5 Å². The summed E-state index contributed by atoms with van der Waals surface area (Å²) in [6.45, 7) is -0.133. The first kappa shape index (κ1) is 27.7. The van der Waals surface area contributed by atoms with Gasteiger partial charge >= 0.3 is 5.97 Å². The molecule has 2 aliphatic rings. The number of thioether (sulfide) groups is 1.